The van der Waals surface area contributed by atoms with Crippen LogP contribution in [0.4, 0.5) is 5.69 Å². The summed E-state index contributed by atoms with van der Waals surface area (Å²) in [4.78, 5) is 27.6. The number of nitrogens with zero attached hydrogens (tertiary/aromatic N) is 2. The molecule has 2 rings (SSSR count). The van der Waals surface area contributed by atoms with Crippen molar-refractivity contribution in [2.45, 2.75) is 59.5 Å². The maximum Gasteiger partial charge on any atom is 0.242 e. The summed E-state index contributed by atoms with van der Waals surface area (Å²) in [6.07, 6.45) is 2.38. The molecule has 1 N–H and O–H groups in total. The average molecular weight is 518 g/mol. The maximum absolute atomic E-state index is 13.3. The number of hydrogen-bond donors (Lipinski definition) is 1. The van der Waals surface area contributed by atoms with Crippen molar-refractivity contribution >= 4 is 27.5 Å². The number of carbonyl (C=O) groups is 2. The number of nitrogens with one attached hydrogen (secondary N) is 1. The van der Waals surface area contributed by atoms with Gasteiger partial charge in [-0.2, -0.15) is 0 Å². The Morgan fingerprint density at radius 3 is 2.42 bits per heavy atom. The minimum Gasteiger partial charge on any atom is -0.497 e. The van der Waals surface area contributed by atoms with Crippen molar-refractivity contribution in [3.05, 3.63) is 59.2 Å². The van der Waals surface area contributed by atoms with E-state index in [2.05, 4.69) is 5.32 Å². The molecular formula is C27H39N3O5S. The molecule has 0 aliphatic heterocycles. The summed E-state index contributed by atoms with van der Waals surface area (Å²) in [5.74, 6) is 0.228. The number of amides is 2. The van der Waals surface area contributed by atoms with Gasteiger partial charge in [0.05, 0.1) is 19.1 Å². The van der Waals surface area contributed by atoms with E-state index in [1.807, 2.05) is 57.2 Å². The first kappa shape index (κ1) is 29.2. The Morgan fingerprint density at radius 2 is 1.81 bits per heavy atom. The Bertz CT molecular complexity index is 1150. The number of sulfonamides is 1. The number of carbonyl (C=O) groups excluding carboxylic acids is 2. The van der Waals surface area contributed by atoms with Gasteiger partial charge < -0.3 is 15.0 Å². The molecule has 1 atom stereocenters. The average Bonchev–Trinajstić information content (AvgIpc) is 2.84. The summed E-state index contributed by atoms with van der Waals surface area (Å²) < 4.78 is 31.6. The second-order valence-electron chi connectivity index (χ2n) is 9.05. The normalized spacial score (nSPS) is 12.1. The first-order valence-electron chi connectivity index (χ1n) is 12.2. The van der Waals surface area contributed by atoms with E-state index in [1.165, 1.54) is 10.6 Å². The highest BCUT2D eigenvalue weighted by Gasteiger charge is 2.26. The van der Waals surface area contributed by atoms with Crippen molar-refractivity contribution in [2.75, 3.05) is 30.8 Å². The highest BCUT2D eigenvalue weighted by Crippen LogP contribution is 2.22. The molecule has 0 aromatic heterocycles. The Hall–Kier alpha value is -3.07. The fraction of sp³-hybridized carbons (Fsp3) is 0.481. The molecule has 2 aromatic carbocycles. The second-order valence-corrected chi connectivity index (χ2v) is 11.0. The first-order valence-corrected chi connectivity index (χ1v) is 14.1. The van der Waals surface area contributed by atoms with Gasteiger partial charge in [-0.15, -0.1) is 0 Å². The van der Waals surface area contributed by atoms with Gasteiger partial charge in [0.1, 0.15) is 11.8 Å². The van der Waals surface area contributed by atoms with Crippen molar-refractivity contribution in [1.82, 2.24) is 10.2 Å². The lowest BCUT2D eigenvalue weighted by molar-refractivity contribution is -0.140. The van der Waals surface area contributed by atoms with E-state index >= 15 is 0 Å². The number of hydrogen-bond acceptors (Lipinski definition) is 5. The topological polar surface area (TPSA) is 96.0 Å². The largest absolute Gasteiger partial charge is 0.497 e. The number of anilines is 1. The number of benzene rings is 2. The zero-order chi connectivity index (χ0) is 26.9. The molecule has 0 bridgehead atoms. The van der Waals surface area contributed by atoms with Gasteiger partial charge in [-0.1, -0.05) is 25.1 Å². The molecule has 36 heavy (non-hydrogen) atoms. The third-order valence-electron chi connectivity index (χ3n) is 6.13. The van der Waals surface area contributed by atoms with Gasteiger partial charge in [-0.25, -0.2) is 8.42 Å². The number of rotatable bonds is 13. The van der Waals surface area contributed by atoms with Crippen LogP contribution in [0.15, 0.2) is 42.5 Å². The zero-order valence-electron chi connectivity index (χ0n) is 22.2. The van der Waals surface area contributed by atoms with E-state index in [9.17, 15) is 18.0 Å². The second kappa shape index (κ2) is 13.3. The fourth-order valence-electron chi connectivity index (χ4n) is 3.83. The van der Waals surface area contributed by atoms with Gasteiger partial charge >= 0.3 is 0 Å². The fourth-order valence-corrected chi connectivity index (χ4v) is 4.79. The van der Waals surface area contributed by atoms with E-state index < -0.39 is 16.1 Å². The van der Waals surface area contributed by atoms with Crippen LogP contribution in [-0.4, -0.2) is 57.6 Å². The molecule has 0 fully saturated rings. The molecule has 0 heterocycles. The minimum absolute atomic E-state index is 0.103. The molecule has 0 radical (unpaired) electrons. The van der Waals surface area contributed by atoms with Gasteiger partial charge in [0.2, 0.25) is 21.8 Å². The highest BCUT2D eigenvalue weighted by atomic mass is 32.2. The molecule has 198 valence electrons. The SMILES string of the molecule is CCCNC(=O)[C@@H](C)N(Cc1cccc(OC)c1)C(=O)CCCN(c1ccc(C)c(C)c1)S(C)(=O)=O. The van der Waals surface area contributed by atoms with E-state index in [0.717, 1.165) is 23.1 Å². The molecule has 0 unspecified atom stereocenters. The molecule has 2 amide bonds. The summed E-state index contributed by atoms with van der Waals surface area (Å²) in [7, 11) is -1.96. The molecule has 9 heteroatoms. The number of methoxy groups -OCH3 is 1. The van der Waals surface area contributed by atoms with Crippen LogP contribution < -0.4 is 14.4 Å². The molecule has 0 aliphatic carbocycles. The molecule has 0 spiro atoms. The summed E-state index contributed by atoms with van der Waals surface area (Å²) >= 11 is 0. The van der Waals surface area contributed by atoms with Crippen molar-refractivity contribution in [2.24, 2.45) is 0 Å². The van der Waals surface area contributed by atoms with Gasteiger partial charge in [-0.05, 0) is 74.6 Å². The smallest absolute Gasteiger partial charge is 0.242 e. The highest BCUT2D eigenvalue weighted by molar-refractivity contribution is 7.92. The van der Waals surface area contributed by atoms with Gasteiger partial charge in [-0.3, -0.25) is 13.9 Å². The number of aryl methyl sites for hydroxylation is 2. The minimum atomic E-state index is -3.53. The molecular weight excluding hydrogens is 478 g/mol. The predicted octanol–water partition coefficient (Wildman–Crippen LogP) is 3.80. The third kappa shape index (κ3) is 8.26. The van der Waals surface area contributed by atoms with Crippen LogP contribution in [0.5, 0.6) is 5.75 Å². The summed E-state index contributed by atoms with van der Waals surface area (Å²) in [6, 6.07) is 12.2. The van der Waals surface area contributed by atoms with Crippen LogP contribution >= 0.6 is 0 Å². The molecule has 0 saturated carbocycles. The maximum atomic E-state index is 13.3. The monoisotopic (exact) mass is 517 g/mol. The van der Waals surface area contributed by atoms with Crippen LogP contribution in [0.1, 0.15) is 49.8 Å². The van der Waals surface area contributed by atoms with Crippen LogP contribution in [0.2, 0.25) is 0 Å². The van der Waals surface area contributed by atoms with Crippen molar-refractivity contribution in [3.63, 3.8) is 0 Å². The Morgan fingerprint density at radius 1 is 1.08 bits per heavy atom. The van der Waals surface area contributed by atoms with Crippen molar-refractivity contribution in [1.29, 1.82) is 0 Å². The Balaban J connectivity index is 2.19. The van der Waals surface area contributed by atoms with Crippen molar-refractivity contribution in [3.8, 4) is 5.75 Å². The van der Waals surface area contributed by atoms with Crippen LogP contribution in [0.3, 0.4) is 0 Å². The Labute approximate surface area is 215 Å². The lowest BCUT2D eigenvalue weighted by atomic mass is 10.1. The predicted molar refractivity (Wildman–Crippen MR) is 144 cm³/mol. The summed E-state index contributed by atoms with van der Waals surface area (Å²) in [6.45, 7) is 8.51. The third-order valence-corrected chi connectivity index (χ3v) is 7.33. The van der Waals surface area contributed by atoms with Crippen LogP contribution in [-0.2, 0) is 26.2 Å². The standard InChI is InChI=1S/C27H39N3O5S/c1-7-15-28-27(32)22(4)29(19-23-10-8-11-25(18-23)35-5)26(31)12-9-16-30(36(6,33)34)24-14-13-20(2)21(3)17-24/h8,10-11,13-14,17-18,22H,7,9,12,15-16,19H2,1-6H3,(H,28,32)/t22-/m1/s1. The zero-order valence-corrected chi connectivity index (χ0v) is 23.0. The molecule has 2 aromatic rings. The van der Waals surface area contributed by atoms with E-state index in [4.69, 9.17) is 4.74 Å². The van der Waals surface area contributed by atoms with Gasteiger partial charge in [0.15, 0.2) is 0 Å². The first-order chi connectivity index (χ1) is 17.0. The van der Waals surface area contributed by atoms with E-state index in [1.54, 1.807) is 25.0 Å². The lowest BCUT2D eigenvalue weighted by Gasteiger charge is -2.29. The molecule has 0 aliphatic rings. The Kier molecular flexibility index (Phi) is 10.8. The van der Waals surface area contributed by atoms with Crippen LogP contribution in [0, 0.1) is 13.8 Å². The summed E-state index contributed by atoms with van der Waals surface area (Å²) in [5.41, 5.74) is 3.49. The summed E-state index contributed by atoms with van der Waals surface area (Å²) in [5, 5.41) is 2.86. The quantitative estimate of drug-likeness (QED) is 0.436. The van der Waals surface area contributed by atoms with E-state index in [0.29, 0.717) is 24.4 Å². The number of ether oxygens (including phenoxy) is 1. The lowest BCUT2D eigenvalue weighted by Crippen LogP contribution is -2.47. The molecule has 0 saturated heterocycles. The van der Waals surface area contributed by atoms with Gasteiger partial charge in [0.25, 0.3) is 0 Å². The van der Waals surface area contributed by atoms with E-state index in [-0.39, 0.29) is 31.3 Å². The van der Waals surface area contributed by atoms with Gasteiger partial charge in [0, 0.05) is 26.1 Å². The van der Waals surface area contributed by atoms with Crippen LogP contribution in [0.25, 0.3) is 0 Å². The van der Waals surface area contributed by atoms with Crippen molar-refractivity contribution < 1.29 is 22.7 Å². The molecule has 8 nitrogen and oxygen atoms in total.